The first-order chi connectivity index (χ1) is 7.42. The predicted octanol–water partition coefficient (Wildman–Crippen LogP) is 0.346. The monoisotopic (exact) mass is 245 g/mol. The van der Waals surface area contributed by atoms with E-state index >= 15 is 0 Å². The zero-order valence-corrected chi connectivity index (χ0v) is 10.8. The third-order valence-electron chi connectivity index (χ3n) is 2.30. The molecule has 0 spiro atoms. The average Bonchev–Trinajstić information content (AvgIpc) is 2.52. The van der Waals surface area contributed by atoms with Gasteiger partial charge < -0.3 is 5.32 Å². The van der Waals surface area contributed by atoms with E-state index in [1.165, 1.54) is 6.26 Å². The summed E-state index contributed by atoms with van der Waals surface area (Å²) in [5.74, 6) is 0.134. The van der Waals surface area contributed by atoms with Gasteiger partial charge in [-0.1, -0.05) is 6.92 Å². The van der Waals surface area contributed by atoms with E-state index in [2.05, 4.69) is 10.4 Å². The molecular weight excluding hydrogens is 226 g/mol. The molecule has 0 saturated heterocycles. The Kier molecular flexibility index (Phi) is 4.49. The van der Waals surface area contributed by atoms with Gasteiger partial charge in [0.15, 0.2) is 0 Å². The molecule has 0 amide bonds. The minimum Gasteiger partial charge on any atom is -0.313 e. The van der Waals surface area contributed by atoms with Crippen molar-refractivity contribution in [1.82, 2.24) is 15.1 Å². The van der Waals surface area contributed by atoms with Crippen molar-refractivity contribution in [3.63, 3.8) is 0 Å². The van der Waals surface area contributed by atoms with Crippen molar-refractivity contribution in [3.8, 4) is 0 Å². The number of nitrogens with one attached hydrogen (secondary N) is 1. The molecule has 0 aliphatic heterocycles. The number of rotatable bonds is 6. The fraction of sp³-hybridized carbons (Fsp3) is 0.700. The first kappa shape index (κ1) is 13.2. The molecule has 0 bridgehead atoms. The Hall–Kier alpha value is -0.880. The van der Waals surface area contributed by atoms with E-state index in [4.69, 9.17) is 0 Å². The summed E-state index contributed by atoms with van der Waals surface area (Å²) in [6.07, 6.45) is 3.14. The van der Waals surface area contributed by atoms with E-state index in [1.807, 2.05) is 20.0 Å². The summed E-state index contributed by atoms with van der Waals surface area (Å²) < 4.78 is 23.7. The van der Waals surface area contributed by atoms with Crippen LogP contribution in [0.1, 0.15) is 18.2 Å². The molecule has 92 valence electrons. The molecule has 0 aliphatic rings. The highest BCUT2D eigenvalue weighted by atomic mass is 32.2. The van der Waals surface area contributed by atoms with Gasteiger partial charge in [0.05, 0.1) is 18.0 Å². The Morgan fingerprint density at radius 1 is 1.50 bits per heavy atom. The van der Waals surface area contributed by atoms with Crippen molar-refractivity contribution in [1.29, 1.82) is 0 Å². The van der Waals surface area contributed by atoms with Crippen molar-refractivity contribution in [2.24, 2.45) is 0 Å². The number of nitrogens with zero attached hydrogens (tertiary/aromatic N) is 2. The molecule has 0 unspecified atom stereocenters. The van der Waals surface area contributed by atoms with Crippen LogP contribution < -0.4 is 5.32 Å². The SMILES string of the molecule is CCNCc1cn(CCS(C)(=O)=O)nc1C. The van der Waals surface area contributed by atoms with Gasteiger partial charge >= 0.3 is 0 Å². The molecule has 6 heteroatoms. The molecule has 1 heterocycles. The number of aryl methyl sites for hydroxylation is 2. The molecule has 0 aromatic carbocycles. The highest BCUT2D eigenvalue weighted by Crippen LogP contribution is 2.05. The van der Waals surface area contributed by atoms with Crippen molar-refractivity contribution >= 4 is 9.84 Å². The maximum absolute atomic E-state index is 11.0. The second-order valence-corrected chi connectivity index (χ2v) is 6.17. The van der Waals surface area contributed by atoms with Crippen LogP contribution in [0.25, 0.3) is 0 Å². The van der Waals surface area contributed by atoms with Crippen LogP contribution in [-0.4, -0.2) is 36.8 Å². The fourth-order valence-electron chi connectivity index (χ4n) is 1.37. The van der Waals surface area contributed by atoms with Gasteiger partial charge in [-0.2, -0.15) is 5.10 Å². The number of hydrogen-bond donors (Lipinski definition) is 1. The van der Waals surface area contributed by atoms with Gasteiger partial charge in [-0.25, -0.2) is 8.42 Å². The van der Waals surface area contributed by atoms with Crippen LogP contribution in [0.5, 0.6) is 0 Å². The quantitative estimate of drug-likeness (QED) is 0.785. The molecule has 16 heavy (non-hydrogen) atoms. The van der Waals surface area contributed by atoms with Gasteiger partial charge in [0.25, 0.3) is 0 Å². The Bertz CT molecular complexity index is 437. The van der Waals surface area contributed by atoms with Gasteiger partial charge in [0, 0.05) is 24.6 Å². The molecule has 0 fully saturated rings. The first-order valence-corrected chi connectivity index (χ1v) is 7.40. The third-order valence-corrected chi connectivity index (χ3v) is 3.23. The molecule has 1 rings (SSSR count). The van der Waals surface area contributed by atoms with Gasteiger partial charge in [0.2, 0.25) is 0 Å². The first-order valence-electron chi connectivity index (χ1n) is 5.33. The summed E-state index contributed by atoms with van der Waals surface area (Å²) in [4.78, 5) is 0. The van der Waals surface area contributed by atoms with E-state index in [0.717, 1.165) is 24.3 Å². The van der Waals surface area contributed by atoms with Crippen LogP contribution >= 0.6 is 0 Å². The third kappa shape index (κ3) is 4.32. The van der Waals surface area contributed by atoms with Crippen LogP contribution in [0.4, 0.5) is 0 Å². The van der Waals surface area contributed by atoms with E-state index in [0.29, 0.717) is 6.54 Å². The van der Waals surface area contributed by atoms with Crippen LogP contribution in [0.2, 0.25) is 0 Å². The Labute approximate surface area is 96.8 Å². The van der Waals surface area contributed by atoms with Crippen molar-refractivity contribution in [2.75, 3.05) is 18.6 Å². The van der Waals surface area contributed by atoms with Gasteiger partial charge in [-0.15, -0.1) is 0 Å². The normalized spacial score (nSPS) is 11.9. The van der Waals surface area contributed by atoms with E-state index < -0.39 is 9.84 Å². The lowest BCUT2D eigenvalue weighted by atomic mass is 10.2. The zero-order chi connectivity index (χ0) is 12.2. The lowest BCUT2D eigenvalue weighted by Crippen LogP contribution is -2.12. The summed E-state index contributed by atoms with van der Waals surface area (Å²) >= 11 is 0. The van der Waals surface area contributed by atoms with E-state index in [1.54, 1.807) is 4.68 Å². The fourth-order valence-corrected chi connectivity index (χ4v) is 1.88. The van der Waals surface area contributed by atoms with E-state index in [9.17, 15) is 8.42 Å². The van der Waals surface area contributed by atoms with Crippen LogP contribution in [0.3, 0.4) is 0 Å². The Balaban J connectivity index is 2.62. The molecule has 1 aromatic rings. The van der Waals surface area contributed by atoms with Crippen molar-refractivity contribution < 1.29 is 8.42 Å². The lowest BCUT2D eigenvalue weighted by molar-refractivity contribution is 0.585. The molecular formula is C10H19N3O2S. The Morgan fingerprint density at radius 3 is 2.75 bits per heavy atom. The summed E-state index contributed by atoms with van der Waals surface area (Å²) in [5, 5.41) is 7.50. The molecule has 0 saturated carbocycles. The molecule has 1 N–H and O–H groups in total. The Morgan fingerprint density at radius 2 is 2.19 bits per heavy atom. The summed E-state index contributed by atoms with van der Waals surface area (Å²) in [7, 11) is -2.92. The summed E-state index contributed by atoms with van der Waals surface area (Å²) in [6, 6.07) is 0. The highest BCUT2D eigenvalue weighted by molar-refractivity contribution is 7.90. The second kappa shape index (κ2) is 5.45. The molecule has 0 radical (unpaired) electrons. The maximum Gasteiger partial charge on any atom is 0.149 e. The van der Waals surface area contributed by atoms with Gasteiger partial charge in [0.1, 0.15) is 9.84 Å². The largest absolute Gasteiger partial charge is 0.313 e. The van der Waals surface area contributed by atoms with Crippen LogP contribution in [0, 0.1) is 6.92 Å². The minimum absolute atomic E-state index is 0.134. The highest BCUT2D eigenvalue weighted by Gasteiger charge is 2.07. The average molecular weight is 245 g/mol. The maximum atomic E-state index is 11.0. The minimum atomic E-state index is -2.92. The molecule has 5 nitrogen and oxygen atoms in total. The molecule has 0 aliphatic carbocycles. The summed E-state index contributed by atoms with van der Waals surface area (Å²) in [6.45, 7) is 6.09. The standard InChI is InChI=1S/C10H19N3O2S/c1-4-11-7-10-8-13(12-9(10)2)5-6-16(3,14)15/h8,11H,4-7H2,1-3H3. The number of sulfone groups is 1. The number of hydrogen-bond acceptors (Lipinski definition) is 4. The lowest BCUT2D eigenvalue weighted by Gasteiger charge is -1.99. The number of aromatic nitrogens is 2. The predicted molar refractivity (Wildman–Crippen MR) is 64.1 cm³/mol. The zero-order valence-electron chi connectivity index (χ0n) is 10.0. The van der Waals surface area contributed by atoms with Crippen LogP contribution in [-0.2, 0) is 22.9 Å². The molecule has 0 atom stereocenters. The van der Waals surface area contributed by atoms with E-state index in [-0.39, 0.29) is 5.75 Å². The second-order valence-electron chi connectivity index (χ2n) is 3.91. The molecule has 1 aromatic heterocycles. The van der Waals surface area contributed by atoms with Gasteiger partial charge in [-0.05, 0) is 13.5 Å². The van der Waals surface area contributed by atoms with Gasteiger partial charge in [-0.3, -0.25) is 4.68 Å². The topological polar surface area (TPSA) is 64.0 Å². The summed E-state index contributed by atoms with van der Waals surface area (Å²) in [5.41, 5.74) is 2.07. The van der Waals surface area contributed by atoms with Crippen LogP contribution in [0.15, 0.2) is 6.20 Å². The van der Waals surface area contributed by atoms with Crippen molar-refractivity contribution in [2.45, 2.75) is 26.9 Å². The smallest absolute Gasteiger partial charge is 0.149 e. The van der Waals surface area contributed by atoms with Crippen molar-refractivity contribution in [3.05, 3.63) is 17.5 Å².